The van der Waals surface area contributed by atoms with Gasteiger partial charge >= 0.3 is 17.8 Å². The zero-order valence-electron chi connectivity index (χ0n) is 16.0. The smallest absolute Gasteiger partial charge is 0.408 e. The molecule has 0 aromatic carbocycles. The second-order valence-corrected chi connectivity index (χ2v) is 8.88. The largest absolute Gasteiger partial charge is 0.480 e. The number of aromatic amines is 1. The van der Waals surface area contributed by atoms with Gasteiger partial charge in [-0.1, -0.05) is 0 Å². The number of ether oxygens (including phenoxy) is 1. The lowest BCUT2D eigenvalue weighted by Crippen LogP contribution is -2.47. The van der Waals surface area contributed by atoms with Crippen molar-refractivity contribution in [3.8, 4) is 0 Å². The van der Waals surface area contributed by atoms with E-state index in [9.17, 15) is 24.3 Å². The first-order valence-corrected chi connectivity index (χ1v) is 9.88. The van der Waals surface area contributed by atoms with Crippen molar-refractivity contribution in [2.75, 3.05) is 0 Å². The molecule has 0 saturated heterocycles. The third-order valence-electron chi connectivity index (χ3n) is 4.44. The molecular weight excluding hydrogens is 386 g/mol. The van der Waals surface area contributed by atoms with Gasteiger partial charge in [-0.2, -0.15) is 0 Å². The molecular formula is C18H23N3O6S. The first-order valence-electron chi connectivity index (χ1n) is 9.06. The predicted octanol–water partition coefficient (Wildman–Crippen LogP) is 1.61. The van der Waals surface area contributed by atoms with Crippen LogP contribution in [-0.4, -0.2) is 38.4 Å². The van der Waals surface area contributed by atoms with E-state index in [0.717, 1.165) is 36.1 Å². The number of rotatable bonds is 4. The molecule has 3 N–H and O–H groups in total. The maximum atomic E-state index is 12.4. The molecule has 0 radical (unpaired) electrons. The first kappa shape index (κ1) is 20.1. The van der Waals surface area contributed by atoms with Gasteiger partial charge in [0.2, 0.25) is 0 Å². The fourth-order valence-electron chi connectivity index (χ4n) is 3.28. The lowest BCUT2D eigenvalue weighted by Gasteiger charge is -2.22. The van der Waals surface area contributed by atoms with E-state index >= 15 is 0 Å². The molecule has 0 bridgehead atoms. The number of aliphatic carboxylic acids is 1. The number of nitrogens with zero attached hydrogens (tertiary/aromatic N) is 1. The number of hydrogen-bond acceptors (Lipinski definition) is 6. The standard InChI is InChI=1S/C18H23N3O6S/c1-18(2,3)27-17(26)19-10(15(23)24)8-21-14-12(13(22)20-16(21)25)9-6-4-5-7-11(9)28-14/h10H,4-8H2,1-3H3,(H,19,26)(H,23,24)(H,20,22,25)/t10-/m0/s1. The molecule has 9 nitrogen and oxygen atoms in total. The summed E-state index contributed by atoms with van der Waals surface area (Å²) in [6.45, 7) is 4.66. The molecule has 10 heteroatoms. The summed E-state index contributed by atoms with van der Waals surface area (Å²) in [5.74, 6) is -1.31. The topological polar surface area (TPSA) is 130 Å². The molecule has 2 aromatic rings. The predicted molar refractivity (Wildman–Crippen MR) is 104 cm³/mol. The number of amides is 1. The molecule has 2 heterocycles. The van der Waals surface area contributed by atoms with Crippen molar-refractivity contribution in [2.45, 2.75) is 64.6 Å². The van der Waals surface area contributed by atoms with Crippen LogP contribution in [0.1, 0.15) is 44.1 Å². The van der Waals surface area contributed by atoms with Crippen LogP contribution in [-0.2, 0) is 28.9 Å². The average molecular weight is 409 g/mol. The maximum Gasteiger partial charge on any atom is 0.408 e. The summed E-state index contributed by atoms with van der Waals surface area (Å²) >= 11 is 1.34. The molecule has 152 valence electrons. The van der Waals surface area contributed by atoms with E-state index in [1.54, 1.807) is 20.8 Å². The highest BCUT2D eigenvalue weighted by atomic mass is 32.1. The van der Waals surface area contributed by atoms with Crippen molar-refractivity contribution >= 4 is 33.6 Å². The minimum Gasteiger partial charge on any atom is -0.480 e. The highest BCUT2D eigenvalue weighted by Gasteiger charge is 2.27. The van der Waals surface area contributed by atoms with Gasteiger partial charge in [0, 0.05) is 4.88 Å². The van der Waals surface area contributed by atoms with Gasteiger partial charge in [-0.15, -0.1) is 11.3 Å². The molecule has 1 aliphatic carbocycles. The van der Waals surface area contributed by atoms with Crippen LogP contribution in [0.5, 0.6) is 0 Å². The van der Waals surface area contributed by atoms with Crippen LogP contribution < -0.4 is 16.6 Å². The van der Waals surface area contributed by atoms with Crippen LogP contribution in [0.3, 0.4) is 0 Å². The molecule has 0 aliphatic heterocycles. The lowest BCUT2D eigenvalue weighted by atomic mass is 9.97. The highest BCUT2D eigenvalue weighted by molar-refractivity contribution is 7.18. The summed E-state index contributed by atoms with van der Waals surface area (Å²) in [5.41, 5.74) is -1.01. The van der Waals surface area contributed by atoms with Gasteiger partial charge in [0.1, 0.15) is 16.5 Å². The maximum absolute atomic E-state index is 12.4. The van der Waals surface area contributed by atoms with Crippen molar-refractivity contribution in [3.63, 3.8) is 0 Å². The monoisotopic (exact) mass is 409 g/mol. The van der Waals surface area contributed by atoms with Crippen LogP contribution in [0, 0.1) is 0 Å². The number of nitrogens with one attached hydrogen (secondary N) is 2. The van der Waals surface area contributed by atoms with Gasteiger partial charge in [0.15, 0.2) is 0 Å². The molecule has 2 aromatic heterocycles. The molecule has 1 amide bonds. The second-order valence-electron chi connectivity index (χ2n) is 7.80. The third-order valence-corrected chi connectivity index (χ3v) is 5.76. The number of aromatic nitrogens is 2. The zero-order chi connectivity index (χ0) is 20.6. The molecule has 3 rings (SSSR count). The summed E-state index contributed by atoms with van der Waals surface area (Å²) in [7, 11) is 0. The zero-order valence-corrected chi connectivity index (χ0v) is 16.8. The Balaban J connectivity index is 1.99. The van der Waals surface area contributed by atoms with Gasteiger partial charge in [-0.05, 0) is 52.0 Å². The van der Waals surface area contributed by atoms with E-state index in [0.29, 0.717) is 10.2 Å². The normalized spacial score (nSPS) is 15.1. The summed E-state index contributed by atoms with van der Waals surface area (Å²) in [4.78, 5) is 52.2. The van der Waals surface area contributed by atoms with Gasteiger partial charge in [-0.25, -0.2) is 14.4 Å². The molecule has 1 atom stereocenters. The van der Waals surface area contributed by atoms with Crippen LogP contribution in [0.2, 0.25) is 0 Å². The number of H-pyrrole nitrogens is 1. The Kier molecular flexibility index (Phi) is 5.33. The Bertz CT molecular complexity index is 1040. The Hall–Kier alpha value is -2.62. The van der Waals surface area contributed by atoms with Gasteiger partial charge < -0.3 is 15.2 Å². The van der Waals surface area contributed by atoms with E-state index in [-0.39, 0.29) is 6.54 Å². The number of carbonyl (C=O) groups excluding carboxylic acids is 1. The van der Waals surface area contributed by atoms with Crippen molar-refractivity contribution in [2.24, 2.45) is 0 Å². The molecule has 1 aliphatic rings. The van der Waals surface area contributed by atoms with Gasteiger partial charge in [0.25, 0.3) is 5.56 Å². The molecule has 0 fully saturated rings. The molecule has 28 heavy (non-hydrogen) atoms. The van der Waals surface area contributed by atoms with Gasteiger partial charge in [0.05, 0.1) is 11.9 Å². The Morgan fingerprint density at radius 2 is 1.96 bits per heavy atom. The number of hydrogen-bond donors (Lipinski definition) is 3. The fourth-order valence-corrected chi connectivity index (χ4v) is 4.67. The number of aryl methyl sites for hydroxylation is 2. The Labute approximate surface area is 164 Å². The number of alkyl carbamates (subject to hydrolysis) is 1. The first-order chi connectivity index (χ1) is 13.1. The Morgan fingerprint density at radius 1 is 1.29 bits per heavy atom. The summed E-state index contributed by atoms with van der Waals surface area (Å²) < 4.78 is 6.32. The number of carboxylic acid groups (broad SMARTS) is 1. The van der Waals surface area contributed by atoms with Crippen molar-refractivity contribution in [1.29, 1.82) is 0 Å². The van der Waals surface area contributed by atoms with Crippen LogP contribution in [0.25, 0.3) is 10.2 Å². The van der Waals surface area contributed by atoms with Crippen LogP contribution in [0.15, 0.2) is 9.59 Å². The van der Waals surface area contributed by atoms with E-state index < -0.39 is 35.0 Å². The summed E-state index contributed by atoms with van der Waals surface area (Å²) in [6, 6.07) is -1.39. The Morgan fingerprint density at radius 3 is 2.61 bits per heavy atom. The third kappa shape index (κ3) is 4.11. The fraction of sp³-hybridized carbons (Fsp3) is 0.556. The summed E-state index contributed by atoms with van der Waals surface area (Å²) in [6.07, 6.45) is 2.68. The number of carbonyl (C=O) groups is 2. The lowest BCUT2D eigenvalue weighted by molar-refractivity contribution is -0.139. The van der Waals surface area contributed by atoms with E-state index in [1.165, 1.54) is 15.9 Å². The van der Waals surface area contributed by atoms with E-state index in [2.05, 4.69) is 10.3 Å². The molecule has 0 saturated carbocycles. The minimum atomic E-state index is -1.39. The molecule has 0 spiro atoms. The van der Waals surface area contributed by atoms with Crippen molar-refractivity contribution in [3.05, 3.63) is 31.3 Å². The summed E-state index contributed by atoms with van der Waals surface area (Å²) in [5, 5.41) is 12.2. The van der Waals surface area contributed by atoms with Crippen molar-refractivity contribution < 1.29 is 19.4 Å². The highest BCUT2D eigenvalue weighted by Crippen LogP contribution is 2.33. The van der Waals surface area contributed by atoms with Crippen molar-refractivity contribution in [1.82, 2.24) is 14.9 Å². The van der Waals surface area contributed by atoms with Gasteiger partial charge in [-0.3, -0.25) is 14.3 Å². The second kappa shape index (κ2) is 7.42. The number of carboxylic acids is 1. The van der Waals surface area contributed by atoms with E-state index in [4.69, 9.17) is 4.74 Å². The average Bonchev–Trinajstić information content (AvgIpc) is 2.95. The number of fused-ring (bicyclic) bond motifs is 3. The molecule has 0 unspecified atom stereocenters. The SMILES string of the molecule is CC(C)(C)OC(=O)N[C@@H](Cn1c(=O)[nH]c(=O)c2c3c(sc21)CCCC3)C(=O)O. The number of thiophene rings is 1. The van der Waals surface area contributed by atoms with Crippen LogP contribution in [0.4, 0.5) is 4.79 Å². The minimum absolute atomic E-state index is 0.319. The van der Waals surface area contributed by atoms with Crippen LogP contribution >= 0.6 is 11.3 Å². The van der Waals surface area contributed by atoms with E-state index in [1.807, 2.05) is 0 Å². The quantitative estimate of drug-likeness (QED) is 0.703.